The van der Waals surface area contributed by atoms with Gasteiger partial charge in [-0.3, -0.25) is 0 Å². The average molecular weight is 645 g/mol. The molecular formula is C38H68O4Si2. The number of carbonyl (C=O) groups is 1. The quantitative estimate of drug-likeness (QED) is 0.142. The van der Waals surface area contributed by atoms with Crippen LogP contribution < -0.4 is 0 Å². The Balaban J connectivity index is 1.86. The van der Waals surface area contributed by atoms with Crippen molar-refractivity contribution >= 4 is 22.6 Å². The molecule has 0 aliphatic heterocycles. The van der Waals surface area contributed by atoms with Gasteiger partial charge in [0.05, 0.1) is 18.8 Å². The maximum Gasteiger partial charge on any atom is 0.333 e. The normalized spacial score (nSPS) is 30.7. The molecular weight excluding hydrogens is 577 g/mol. The second-order valence-corrected chi connectivity index (χ2v) is 27.2. The van der Waals surface area contributed by atoms with E-state index in [1.807, 2.05) is 13.8 Å². The lowest BCUT2D eigenvalue weighted by Gasteiger charge is -2.45. The molecule has 0 unspecified atom stereocenters. The van der Waals surface area contributed by atoms with Gasteiger partial charge in [-0.2, -0.15) is 0 Å². The lowest BCUT2D eigenvalue weighted by Crippen LogP contribution is -2.48. The highest BCUT2D eigenvalue weighted by atomic mass is 28.4. The van der Waals surface area contributed by atoms with Crippen molar-refractivity contribution < 1.29 is 18.4 Å². The molecule has 0 heterocycles. The van der Waals surface area contributed by atoms with Gasteiger partial charge in [0.25, 0.3) is 0 Å². The highest BCUT2D eigenvalue weighted by Crippen LogP contribution is 2.59. The van der Waals surface area contributed by atoms with Crippen LogP contribution in [0.1, 0.15) is 121 Å². The highest BCUT2D eigenvalue weighted by Gasteiger charge is 2.50. The summed E-state index contributed by atoms with van der Waals surface area (Å²) in [5.74, 6) is 1.41. The molecule has 3 aliphatic rings. The van der Waals surface area contributed by atoms with Gasteiger partial charge in [0, 0.05) is 5.57 Å². The topological polar surface area (TPSA) is 44.8 Å². The molecule has 0 aromatic rings. The molecule has 6 atom stereocenters. The van der Waals surface area contributed by atoms with E-state index in [2.05, 4.69) is 99.8 Å². The van der Waals surface area contributed by atoms with Crippen molar-refractivity contribution in [3.8, 4) is 0 Å². The number of ether oxygens (including phenoxy) is 1. The Morgan fingerprint density at radius 3 is 2.00 bits per heavy atom. The zero-order valence-corrected chi connectivity index (χ0v) is 33.1. The smallest absolute Gasteiger partial charge is 0.333 e. The number of esters is 1. The molecule has 0 saturated heterocycles. The van der Waals surface area contributed by atoms with Crippen molar-refractivity contribution in [3.05, 3.63) is 34.9 Å². The summed E-state index contributed by atoms with van der Waals surface area (Å²) in [7, 11) is -3.78. The van der Waals surface area contributed by atoms with Crippen LogP contribution in [0.4, 0.5) is 0 Å². The fraction of sp³-hybridized carbons (Fsp3) is 0.816. The average Bonchev–Trinajstić information content (AvgIpc) is 3.23. The van der Waals surface area contributed by atoms with E-state index in [0.717, 1.165) is 24.8 Å². The molecule has 0 aromatic heterocycles. The van der Waals surface area contributed by atoms with Crippen molar-refractivity contribution in [3.63, 3.8) is 0 Å². The molecule has 0 bridgehead atoms. The van der Waals surface area contributed by atoms with Gasteiger partial charge in [0.2, 0.25) is 0 Å². The summed E-state index contributed by atoms with van der Waals surface area (Å²) in [6.07, 6.45) is 16.9. The van der Waals surface area contributed by atoms with E-state index in [0.29, 0.717) is 24.4 Å². The molecule has 0 radical (unpaired) electrons. The second kappa shape index (κ2) is 14.0. The maximum absolute atomic E-state index is 12.3. The Morgan fingerprint density at radius 2 is 1.50 bits per heavy atom. The minimum atomic E-state index is -1.89. The minimum Gasteiger partial charge on any atom is -0.463 e. The third kappa shape index (κ3) is 8.69. The molecule has 0 aromatic carbocycles. The van der Waals surface area contributed by atoms with Crippen molar-refractivity contribution in [2.24, 2.45) is 23.2 Å². The fourth-order valence-electron chi connectivity index (χ4n) is 7.82. The van der Waals surface area contributed by atoms with E-state index < -0.39 is 16.6 Å². The Hall–Kier alpha value is -0.956. The van der Waals surface area contributed by atoms with Crippen molar-refractivity contribution in [1.82, 2.24) is 0 Å². The van der Waals surface area contributed by atoms with Crippen LogP contribution >= 0.6 is 0 Å². The van der Waals surface area contributed by atoms with E-state index in [1.54, 1.807) is 5.57 Å². The summed E-state index contributed by atoms with van der Waals surface area (Å²) >= 11 is 0. The molecule has 3 fully saturated rings. The monoisotopic (exact) mass is 644 g/mol. The Labute approximate surface area is 274 Å². The molecule has 0 N–H and O–H groups in total. The van der Waals surface area contributed by atoms with Crippen LogP contribution in [-0.2, 0) is 18.4 Å². The van der Waals surface area contributed by atoms with Gasteiger partial charge in [0.1, 0.15) is 0 Å². The van der Waals surface area contributed by atoms with E-state index in [9.17, 15) is 4.79 Å². The summed E-state index contributed by atoms with van der Waals surface area (Å²) in [6.45, 7) is 32.7. The van der Waals surface area contributed by atoms with E-state index in [4.69, 9.17) is 13.6 Å². The molecule has 3 saturated carbocycles. The van der Waals surface area contributed by atoms with Gasteiger partial charge in [-0.1, -0.05) is 84.8 Å². The van der Waals surface area contributed by atoms with Gasteiger partial charge >= 0.3 is 5.97 Å². The van der Waals surface area contributed by atoms with Gasteiger partial charge in [0.15, 0.2) is 16.6 Å². The van der Waals surface area contributed by atoms with Crippen LogP contribution in [0.2, 0.25) is 36.3 Å². The van der Waals surface area contributed by atoms with Crippen molar-refractivity contribution in [1.29, 1.82) is 0 Å². The standard InChI is InChI=1S/C38H68O4Si2/c1-15-40-35(39)28(3)23-27(2)33-20-21-34-30(17-16-22-38(33,34)10)19-18-29-24-31(41-43(11,12)36(4,5)6)26-32(25-29)42-44(13,14)37(7,8)9/h18-19,23,27,31-34H,15-17,20-22,24-26H2,1-14H3/b28-23+,30-19+/t27-,31-,32-,33-,34+,38-/m1/s1. The molecule has 4 nitrogen and oxygen atoms in total. The van der Waals surface area contributed by atoms with Gasteiger partial charge in [-0.15, -0.1) is 0 Å². The van der Waals surface area contributed by atoms with Gasteiger partial charge in [-0.25, -0.2) is 4.79 Å². The highest BCUT2D eigenvalue weighted by molar-refractivity contribution is 6.74. The molecule has 3 aliphatic carbocycles. The summed E-state index contributed by atoms with van der Waals surface area (Å²) in [5, 5.41) is 0.387. The van der Waals surface area contributed by atoms with Crippen LogP contribution in [-0.4, -0.2) is 41.4 Å². The number of hydrogen-bond acceptors (Lipinski definition) is 4. The zero-order chi connectivity index (χ0) is 33.3. The SMILES string of the molecule is CCOC(=O)/C(C)=C/[C@@H](C)[C@H]1CC[C@H]2/C(=C/C=C3C[C@@H](O[Si](C)(C)C(C)(C)C)C[C@H](O[Si](C)(C)C(C)(C)C)C3)CCC[C@]12C. The Morgan fingerprint density at radius 1 is 0.955 bits per heavy atom. The summed E-state index contributed by atoms with van der Waals surface area (Å²) in [5.41, 5.74) is 4.17. The van der Waals surface area contributed by atoms with E-state index in [1.165, 1.54) is 37.7 Å². The molecule has 0 amide bonds. The van der Waals surface area contributed by atoms with Crippen LogP contribution in [0.3, 0.4) is 0 Å². The predicted octanol–water partition coefficient (Wildman–Crippen LogP) is 11.2. The van der Waals surface area contributed by atoms with Crippen molar-refractivity contribution in [2.75, 3.05) is 6.61 Å². The summed E-state index contributed by atoms with van der Waals surface area (Å²) in [4.78, 5) is 12.3. The number of carbonyl (C=O) groups excluding carboxylic acids is 1. The second-order valence-electron chi connectivity index (χ2n) is 17.7. The van der Waals surface area contributed by atoms with Gasteiger partial charge in [-0.05, 0) is 125 Å². The van der Waals surface area contributed by atoms with E-state index >= 15 is 0 Å². The van der Waals surface area contributed by atoms with E-state index in [-0.39, 0.29) is 33.7 Å². The molecule has 252 valence electrons. The molecule has 0 spiro atoms. The first-order valence-electron chi connectivity index (χ1n) is 17.7. The lowest BCUT2D eigenvalue weighted by atomic mass is 9.61. The number of allylic oxidation sites excluding steroid dienone is 4. The zero-order valence-electron chi connectivity index (χ0n) is 31.1. The summed E-state index contributed by atoms with van der Waals surface area (Å²) < 4.78 is 19.4. The van der Waals surface area contributed by atoms with Crippen LogP contribution in [0.15, 0.2) is 34.9 Å². The number of rotatable bonds is 9. The first-order chi connectivity index (χ1) is 20.1. The minimum absolute atomic E-state index is 0.172. The third-order valence-electron chi connectivity index (χ3n) is 12.4. The molecule has 44 heavy (non-hydrogen) atoms. The van der Waals surface area contributed by atoms with Crippen LogP contribution in [0.5, 0.6) is 0 Å². The largest absolute Gasteiger partial charge is 0.463 e. The molecule has 3 rings (SSSR count). The van der Waals surface area contributed by atoms with Crippen molar-refractivity contribution in [2.45, 2.75) is 169 Å². The van der Waals surface area contributed by atoms with Crippen LogP contribution in [0.25, 0.3) is 0 Å². The fourth-order valence-corrected chi connectivity index (χ4v) is 10.6. The Kier molecular flexibility index (Phi) is 12.0. The maximum atomic E-state index is 12.3. The first kappa shape index (κ1) is 37.5. The lowest BCUT2D eigenvalue weighted by molar-refractivity contribution is -0.138. The summed E-state index contributed by atoms with van der Waals surface area (Å²) in [6, 6.07) is 0. The van der Waals surface area contributed by atoms with Crippen LogP contribution in [0, 0.1) is 23.2 Å². The molecule has 6 heteroatoms. The van der Waals surface area contributed by atoms with Gasteiger partial charge < -0.3 is 13.6 Å². The number of hydrogen-bond donors (Lipinski definition) is 0. The first-order valence-corrected chi connectivity index (χ1v) is 23.5. The predicted molar refractivity (Wildman–Crippen MR) is 192 cm³/mol. The number of fused-ring (bicyclic) bond motifs is 1. The Bertz CT molecular complexity index is 1060. The third-order valence-corrected chi connectivity index (χ3v) is 21.4.